The van der Waals surface area contributed by atoms with Crippen LogP contribution in [0.15, 0.2) is 30.3 Å². The van der Waals surface area contributed by atoms with E-state index in [0.717, 1.165) is 32.1 Å². The summed E-state index contributed by atoms with van der Waals surface area (Å²) in [5, 5.41) is 10.7. The molecule has 3 aliphatic rings. The van der Waals surface area contributed by atoms with Crippen molar-refractivity contribution in [1.82, 2.24) is 31.1 Å². The van der Waals surface area contributed by atoms with E-state index in [2.05, 4.69) is 35.1 Å². The molecule has 4 N–H and O–H groups in total. The third kappa shape index (κ3) is 10.0. The molecule has 4 rings (SSSR count). The molecule has 304 valence electrons. The smallest absolute Gasteiger partial charge is 0.408 e. The number of nitrogens with zero attached hydrogens (tertiary/aromatic N) is 2. The van der Waals surface area contributed by atoms with Gasteiger partial charge in [0.15, 0.2) is 0 Å². The molecule has 1 aromatic rings. The van der Waals surface area contributed by atoms with Crippen molar-refractivity contribution < 1.29 is 38.3 Å². The van der Waals surface area contributed by atoms with Crippen LogP contribution in [0.2, 0.25) is 0 Å². The summed E-state index contributed by atoms with van der Waals surface area (Å²) in [6, 6.07) is 4.62. The molecule has 0 spiro atoms. The number of carbonyl (C=O) groups is 7. The highest BCUT2D eigenvalue weighted by Crippen LogP contribution is 2.65. The number of rotatable bonds is 16. The van der Waals surface area contributed by atoms with Gasteiger partial charge in [0.05, 0.1) is 12.6 Å². The Labute approximate surface area is 325 Å². The largest absolute Gasteiger partial charge is 0.446 e. The molecule has 1 unspecified atom stereocenters. The summed E-state index contributed by atoms with van der Waals surface area (Å²) in [6.45, 7) is 13.4. The molecule has 1 aliphatic heterocycles. The first-order valence-corrected chi connectivity index (χ1v) is 19.8. The lowest BCUT2D eigenvalue weighted by atomic mass is 9.70. The van der Waals surface area contributed by atoms with E-state index in [9.17, 15) is 33.6 Å². The van der Waals surface area contributed by atoms with Gasteiger partial charge in [0.25, 0.3) is 5.91 Å². The highest BCUT2D eigenvalue weighted by atomic mass is 16.6. The highest BCUT2D eigenvalue weighted by Gasteiger charge is 2.70. The summed E-state index contributed by atoms with van der Waals surface area (Å²) in [5.74, 6) is -3.99. The Morgan fingerprint density at radius 3 is 2.13 bits per heavy atom. The Morgan fingerprint density at radius 1 is 0.909 bits per heavy atom. The molecule has 14 heteroatoms. The molecule has 1 saturated heterocycles. The van der Waals surface area contributed by atoms with Gasteiger partial charge in [-0.1, -0.05) is 97.6 Å². The Morgan fingerprint density at radius 2 is 1.55 bits per heavy atom. The average Bonchev–Trinajstić information content (AvgIpc) is 3.43. The van der Waals surface area contributed by atoms with E-state index in [1.807, 2.05) is 27.7 Å². The molecule has 7 atom stereocenters. The van der Waals surface area contributed by atoms with Crippen LogP contribution >= 0.6 is 0 Å². The molecule has 0 aromatic heterocycles. The van der Waals surface area contributed by atoms with Gasteiger partial charge in [0.1, 0.15) is 24.2 Å². The van der Waals surface area contributed by atoms with Gasteiger partial charge >= 0.3 is 6.09 Å². The van der Waals surface area contributed by atoms with Crippen molar-refractivity contribution in [2.75, 3.05) is 27.2 Å². The number of Topliss-reactive ketones (excluding diaryl/α,β-unsaturated/α-hetero) is 1. The molecule has 3 fully saturated rings. The van der Waals surface area contributed by atoms with Crippen molar-refractivity contribution in [2.24, 2.45) is 28.6 Å². The lowest BCUT2D eigenvalue weighted by Crippen LogP contribution is -2.61. The third-order valence-corrected chi connectivity index (χ3v) is 12.2. The molecule has 55 heavy (non-hydrogen) atoms. The summed E-state index contributed by atoms with van der Waals surface area (Å²) in [5.41, 5.74) is -0.230. The second-order valence-electron chi connectivity index (χ2n) is 17.1. The minimum atomic E-state index is -1.21. The van der Waals surface area contributed by atoms with Crippen LogP contribution in [-0.2, 0) is 33.5 Å². The number of piperidine rings is 1. The summed E-state index contributed by atoms with van der Waals surface area (Å²) in [7, 11) is 3.13. The first kappa shape index (κ1) is 43.2. The zero-order valence-corrected chi connectivity index (χ0v) is 34.0. The normalized spacial score (nSPS) is 22.9. The first-order valence-electron chi connectivity index (χ1n) is 19.8. The van der Waals surface area contributed by atoms with Crippen LogP contribution in [0.5, 0.6) is 0 Å². The zero-order chi connectivity index (χ0) is 40.8. The average molecular weight is 767 g/mol. The van der Waals surface area contributed by atoms with Gasteiger partial charge in [-0.05, 0) is 60.3 Å². The van der Waals surface area contributed by atoms with Crippen molar-refractivity contribution in [2.45, 2.75) is 124 Å². The van der Waals surface area contributed by atoms with Gasteiger partial charge in [-0.15, -0.1) is 0 Å². The standard InChI is InChI=1S/C41H62N6O8/c1-10-17-28(33(49)36(51)42-22-29(48)44-31(37(52)46(8)9)26-18-13-11-14-19-26)43-35(50)32-30-27(40(30,5)6)23-47(32)38(53)34(41(7)20-15-12-16-21-41)45-39(54)55-25(4)24(2)3/h11,13-14,18-19,24-25,27-28,30-32,34H,10,12,15-17,20-23H2,1-9H3,(H,42,51)(H,43,50)(H,44,48)(H,45,54)/t25-,27+,28+,30+,31+,32+,34?/m1/s1. The predicted molar refractivity (Wildman–Crippen MR) is 206 cm³/mol. The maximum atomic E-state index is 14.6. The lowest BCUT2D eigenvalue weighted by Gasteiger charge is -2.43. The number of carbonyl (C=O) groups excluding carboxylic acids is 7. The minimum Gasteiger partial charge on any atom is -0.446 e. The maximum Gasteiger partial charge on any atom is 0.408 e. The number of ketones is 1. The molecule has 0 radical (unpaired) electrons. The van der Waals surface area contributed by atoms with Gasteiger partial charge < -0.3 is 35.8 Å². The number of hydrogen-bond donors (Lipinski definition) is 4. The Hall–Kier alpha value is -4.49. The number of alkyl carbamates (subject to hydrolysis) is 1. The summed E-state index contributed by atoms with van der Waals surface area (Å²) >= 11 is 0. The van der Waals surface area contributed by atoms with Crippen LogP contribution < -0.4 is 21.3 Å². The number of fused-ring (bicyclic) bond motifs is 1. The fraction of sp³-hybridized carbons (Fsp3) is 0.683. The second kappa shape index (κ2) is 18.0. The van der Waals surface area contributed by atoms with Crippen molar-refractivity contribution >= 4 is 41.4 Å². The molecular weight excluding hydrogens is 704 g/mol. The van der Waals surface area contributed by atoms with Gasteiger partial charge in [-0.2, -0.15) is 0 Å². The van der Waals surface area contributed by atoms with Gasteiger partial charge in [-0.3, -0.25) is 28.8 Å². The fourth-order valence-corrected chi connectivity index (χ4v) is 8.24. The molecule has 2 saturated carbocycles. The molecule has 14 nitrogen and oxygen atoms in total. The van der Waals surface area contributed by atoms with Crippen LogP contribution in [0.25, 0.3) is 0 Å². The van der Waals surface area contributed by atoms with Crippen LogP contribution in [0.1, 0.15) is 105 Å². The number of benzene rings is 1. The SMILES string of the molecule is CCC[C@H](NC(=O)[C@@H]1[C@@H]2[C@H](CN1C(=O)C(NC(=O)O[C@H](C)C(C)C)C1(C)CCCCC1)C2(C)C)C(=O)C(=O)NCC(=O)N[C@H](C(=O)N(C)C)c1ccccc1. The lowest BCUT2D eigenvalue weighted by molar-refractivity contribution is -0.146. The van der Waals surface area contributed by atoms with E-state index in [-0.39, 0.29) is 47.5 Å². The van der Waals surface area contributed by atoms with Gasteiger partial charge in [0, 0.05) is 20.6 Å². The van der Waals surface area contributed by atoms with Crippen molar-refractivity contribution in [3.05, 3.63) is 35.9 Å². The van der Waals surface area contributed by atoms with E-state index in [1.54, 1.807) is 56.3 Å². The van der Waals surface area contributed by atoms with Crippen LogP contribution in [0.3, 0.4) is 0 Å². The zero-order valence-electron chi connectivity index (χ0n) is 34.0. The molecule has 1 heterocycles. The van der Waals surface area contributed by atoms with E-state index in [4.69, 9.17) is 4.74 Å². The van der Waals surface area contributed by atoms with Gasteiger partial charge in [-0.25, -0.2) is 4.79 Å². The maximum absolute atomic E-state index is 14.6. The first-order chi connectivity index (χ1) is 25.8. The number of nitrogens with one attached hydrogen (secondary N) is 4. The summed E-state index contributed by atoms with van der Waals surface area (Å²) in [4.78, 5) is 97.4. The van der Waals surface area contributed by atoms with Crippen molar-refractivity contribution in [3.63, 3.8) is 0 Å². The third-order valence-electron chi connectivity index (χ3n) is 12.2. The molecule has 2 aliphatic carbocycles. The number of amides is 6. The van der Waals surface area contributed by atoms with E-state index in [1.165, 1.54) is 4.90 Å². The van der Waals surface area contributed by atoms with Crippen LogP contribution in [0.4, 0.5) is 4.79 Å². The Bertz CT molecular complexity index is 1590. The van der Waals surface area contributed by atoms with Crippen LogP contribution in [0, 0.1) is 28.6 Å². The molecule has 6 amide bonds. The summed E-state index contributed by atoms with van der Waals surface area (Å²) < 4.78 is 5.63. The molecular formula is C41H62N6O8. The molecule has 0 bridgehead atoms. The second-order valence-corrected chi connectivity index (χ2v) is 17.1. The predicted octanol–water partition coefficient (Wildman–Crippen LogP) is 3.50. The number of ether oxygens (including phenoxy) is 1. The Kier molecular flexibility index (Phi) is 14.1. The van der Waals surface area contributed by atoms with Crippen LogP contribution in [-0.4, -0.2) is 103 Å². The van der Waals surface area contributed by atoms with E-state index < -0.39 is 65.7 Å². The van der Waals surface area contributed by atoms with Crippen molar-refractivity contribution in [1.29, 1.82) is 0 Å². The Balaban J connectivity index is 1.48. The van der Waals surface area contributed by atoms with E-state index >= 15 is 0 Å². The number of likely N-dealkylation sites (N-methyl/N-ethyl adjacent to an activating group) is 1. The summed E-state index contributed by atoms with van der Waals surface area (Å²) in [6.07, 6.45) is 3.88. The topological polar surface area (TPSA) is 183 Å². The quantitative estimate of drug-likeness (QED) is 0.185. The number of likely N-dealkylation sites (tertiary alicyclic amines) is 1. The van der Waals surface area contributed by atoms with Crippen molar-refractivity contribution in [3.8, 4) is 0 Å². The van der Waals surface area contributed by atoms with Gasteiger partial charge in [0.2, 0.25) is 29.4 Å². The minimum absolute atomic E-state index is 0.0427. The highest BCUT2D eigenvalue weighted by molar-refractivity contribution is 6.38. The van der Waals surface area contributed by atoms with E-state index in [0.29, 0.717) is 18.5 Å². The number of hydrogen-bond acceptors (Lipinski definition) is 8. The fourth-order valence-electron chi connectivity index (χ4n) is 8.24. The molecule has 1 aromatic carbocycles. The monoisotopic (exact) mass is 766 g/mol.